The maximum absolute atomic E-state index is 13.1. The summed E-state index contributed by atoms with van der Waals surface area (Å²) in [7, 11) is -2.35. The third kappa shape index (κ3) is 3.67. The van der Waals surface area contributed by atoms with Crippen LogP contribution in [-0.4, -0.2) is 39.0 Å². The van der Waals surface area contributed by atoms with E-state index in [1.807, 2.05) is 0 Å². The molecule has 9 heteroatoms. The molecule has 1 fully saturated rings. The zero-order valence-electron chi connectivity index (χ0n) is 13.9. The number of ether oxygens (including phenoxy) is 1. The van der Waals surface area contributed by atoms with E-state index in [9.17, 15) is 17.6 Å². The highest BCUT2D eigenvalue weighted by atomic mass is 35.5. The molecule has 1 heterocycles. The Kier molecular flexibility index (Phi) is 5.17. The van der Waals surface area contributed by atoms with Crippen molar-refractivity contribution >= 4 is 33.4 Å². The van der Waals surface area contributed by atoms with Gasteiger partial charge in [0.1, 0.15) is 12.4 Å². The monoisotopic (exact) mass is 398 g/mol. The normalized spacial score (nSPS) is 14.8. The van der Waals surface area contributed by atoms with Crippen molar-refractivity contribution in [1.29, 1.82) is 0 Å². The van der Waals surface area contributed by atoms with Crippen molar-refractivity contribution in [1.82, 2.24) is 4.31 Å². The Morgan fingerprint density at radius 2 is 1.92 bits per heavy atom. The highest BCUT2D eigenvalue weighted by Crippen LogP contribution is 2.25. The van der Waals surface area contributed by atoms with E-state index in [0.29, 0.717) is 24.4 Å². The summed E-state index contributed by atoms with van der Waals surface area (Å²) in [5, 5.41) is 0.162. The molecule has 138 valence electrons. The van der Waals surface area contributed by atoms with Crippen molar-refractivity contribution in [2.45, 2.75) is 11.4 Å². The minimum absolute atomic E-state index is 0.00164. The van der Waals surface area contributed by atoms with Gasteiger partial charge in [0.05, 0.1) is 11.4 Å². The second-order valence-electron chi connectivity index (χ2n) is 5.76. The molecule has 26 heavy (non-hydrogen) atoms. The van der Waals surface area contributed by atoms with Crippen molar-refractivity contribution in [3.8, 4) is 0 Å². The van der Waals surface area contributed by atoms with Crippen LogP contribution in [0.5, 0.6) is 0 Å². The summed E-state index contributed by atoms with van der Waals surface area (Å²) in [4.78, 5) is 13.1. The average molecular weight is 399 g/mol. The summed E-state index contributed by atoms with van der Waals surface area (Å²) in [6, 6.07) is 9.78. The fourth-order valence-corrected chi connectivity index (χ4v) is 3.96. The molecule has 0 atom stereocenters. The Bertz CT molecular complexity index is 934. The van der Waals surface area contributed by atoms with E-state index < -0.39 is 21.9 Å². The highest BCUT2D eigenvalue weighted by Gasteiger charge is 2.25. The number of carbonyl (C=O) groups is 1. The van der Waals surface area contributed by atoms with E-state index in [1.54, 1.807) is 12.1 Å². The molecule has 0 unspecified atom stereocenters. The number of sulfonamides is 1. The largest absolute Gasteiger partial charge is 0.447 e. The molecule has 0 bridgehead atoms. The van der Waals surface area contributed by atoms with Crippen molar-refractivity contribution in [3.63, 3.8) is 0 Å². The molecular weight excluding hydrogens is 383 g/mol. The molecule has 0 spiro atoms. The predicted octanol–water partition coefficient (Wildman–Crippen LogP) is 3.26. The van der Waals surface area contributed by atoms with Crippen LogP contribution >= 0.6 is 11.6 Å². The Morgan fingerprint density at radius 3 is 2.50 bits per heavy atom. The molecule has 6 nitrogen and oxygen atoms in total. The molecule has 0 saturated carbocycles. The van der Waals surface area contributed by atoms with Gasteiger partial charge in [-0.25, -0.2) is 17.6 Å². The zero-order chi connectivity index (χ0) is 18.9. The van der Waals surface area contributed by atoms with Gasteiger partial charge in [-0.15, -0.1) is 0 Å². The Hall–Kier alpha value is -2.16. The number of amides is 1. The summed E-state index contributed by atoms with van der Waals surface area (Å²) >= 11 is 5.97. The summed E-state index contributed by atoms with van der Waals surface area (Å²) in [6.07, 6.45) is -0.455. The molecule has 0 aliphatic carbocycles. The lowest BCUT2D eigenvalue weighted by atomic mass is 10.2. The first-order valence-electron chi connectivity index (χ1n) is 7.73. The molecule has 2 aromatic rings. The quantitative estimate of drug-likeness (QED) is 0.775. The molecule has 3 rings (SSSR count). The topological polar surface area (TPSA) is 66.9 Å². The van der Waals surface area contributed by atoms with Crippen molar-refractivity contribution in [2.24, 2.45) is 0 Å². The average Bonchev–Trinajstić information content (AvgIpc) is 3.03. The van der Waals surface area contributed by atoms with Crippen LogP contribution in [0.4, 0.5) is 14.9 Å². The minimum atomic E-state index is -3.77. The maximum atomic E-state index is 13.1. The number of cyclic esters (lactones) is 1. The van der Waals surface area contributed by atoms with Crippen LogP contribution in [0.1, 0.15) is 5.56 Å². The lowest BCUT2D eigenvalue weighted by Gasteiger charge is -2.19. The summed E-state index contributed by atoms with van der Waals surface area (Å²) in [6.45, 7) is 0.732. The smallest absolute Gasteiger partial charge is 0.414 e. The van der Waals surface area contributed by atoms with Gasteiger partial charge in [-0.05, 0) is 42.0 Å². The standard InChI is InChI=1S/C17H16ClFN2O4S/c1-20(11-12-2-3-13(19)10-16(12)18)26(23,24)15-6-4-14(5-7-15)21-8-9-25-17(21)22/h2-7,10H,8-9,11H2,1H3. The third-order valence-electron chi connectivity index (χ3n) is 4.03. The Balaban J connectivity index is 1.79. The third-order valence-corrected chi connectivity index (χ3v) is 6.19. The first-order chi connectivity index (χ1) is 12.3. The van der Waals surface area contributed by atoms with Crippen LogP contribution in [-0.2, 0) is 21.3 Å². The van der Waals surface area contributed by atoms with Crippen LogP contribution in [0.2, 0.25) is 5.02 Å². The fourth-order valence-electron chi connectivity index (χ4n) is 2.58. The Labute approximate surface area is 155 Å². The van der Waals surface area contributed by atoms with E-state index in [2.05, 4.69) is 0 Å². The van der Waals surface area contributed by atoms with Crippen LogP contribution in [0.15, 0.2) is 47.4 Å². The van der Waals surface area contributed by atoms with Crippen LogP contribution in [0, 0.1) is 5.82 Å². The van der Waals surface area contributed by atoms with E-state index in [1.165, 1.54) is 36.2 Å². The Morgan fingerprint density at radius 1 is 1.23 bits per heavy atom. The second kappa shape index (κ2) is 7.22. The van der Waals surface area contributed by atoms with Gasteiger partial charge in [0.2, 0.25) is 10.0 Å². The number of hydrogen-bond donors (Lipinski definition) is 0. The highest BCUT2D eigenvalue weighted by molar-refractivity contribution is 7.89. The van der Waals surface area contributed by atoms with Crippen LogP contribution in [0.3, 0.4) is 0 Å². The van der Waals surface area contributed by atoms with Gasteiger partial charge >= 0.3 is 6.09 Å². The van der Waals surface area contributed by atoms with Crippen molar-refractivity contribution in [2.75, 3.05) is 25.1 Å². The fraction of sp³-hybridized carbons (Fsp3) is 0.235. The summed E-state index contributed by atoms with van der Waals surface area (Å²) in [5.41, 5.74) is 1.06. The molecule has 1 saturated heterocycles. The van der Waals surface area contributed by atoms with E-state index in [-0.39, 0.29) is 16.5 Å². The van der Waals surface area contributed by atoms with Gasteiger partial charge in [-0.2, -0.15) is 4.31 Å². The number of halogens is 2. The van der Waals surface area contributed by atoms with Crippen LogP contribution < -0.4 is 4.90 Å². The minimum Gasteiger partial charge on any atom is -0.447 e. The molecule has 1 aliphatic heterocycles. The van der Waals surface area contributed by atoms with Gasteiger partial charge in [-0.3, -0.25) is 4.90 Å². The molecule has 1 aliphatic rings. The SMILES string of the molecule is CN(Cc1ccc(F)cc1Cl)S(=O)(=O)c1ccc(N2CCOC2=O)cc1. The molecule has 0 radical (unpaired) electrons. The number of carbonyl (C=O) groups excluding carboxylic acids is 1. The summed E-state index contributed by atoms with van der Waals surface area (Å²) < 4.78 is 44.5. The molecule has 0 N–H and O–H groups in total. The first kappa shape index (κ1) is 18.6. The summed E-state index contributed by atoms with van der Waals surface area (Å²) in [5.74, 6) is -0.486. The predicted molar refractivity (Wildman–Crippen MR) is 95.2 cm³/mol. The van der Waals surface area contributed by atoms with Crippen molar-refractivity contribution in [3.05, 3.63) is 58.9 Å². The number of rotatable bonds is 5. The first-order valence-corrected chi connectivity index (χ1v) is 9.55. The molecule has 2 aromatic carbocycles. The van der Waals surface area contributed by atoms with E-state index in [4.69, 9.17) is 16.3 Å². The lowest BCUT2D eigenvalue weighted by molar-refractivity contribution is 0.181. The van der Waals surface area contributed by atoms with Gasteiger partial charge in [-0.1, -0.05) is 17.7 Å². The molecule has 1 amide bonds. The van der Waals surface area contributed by atoms with E-state index in [0.717, 1.165) is 10.4 Å². The zero-order valence-corrected chi connectivity index (χ0v) is 15.4. The maximum Gasteiger partial charge on any atom is 0.414 e. The second-order valence-corrected chi connectivity index (χ2v) is 8.21. The van der Waals surface area contributed by atoms with Gasteiger partial charge in [0, 0.05) is 24.3 Å². The van der Waals surface area contributed by atoms with Gasteiger partial charge in [0.15, 0.2) is 0 Å². The number of hydrogen-bond acceptors (Lipinski definition) is 4. The lowest BCUT2D eigenvalue weighted by Crippen LogP contribution is -2.27. The van der Waals surface area contributed by atoms with Gasteiger partial charge in [0.25, 0.3) is 0 Å². The van der Waals surface area contributed by atoms with Crippen LogP contribution in [0.25, 0.3) is 0 Å². The van der Waals surface area contributed by atoms with Crippen molar-refractivity contribution < 1.29 is 22.3 Å². The van der Waals surface area contributed by atoms with Gasteiger partial charge < -0.3 is 4.74 Å². The number of benzene rings is 2. The molecular formula is C17H16ClFN2O4S. The molecule has 0 aromatic heterocycles. The van der Waals surface area contributed by atoms with E-state index >= 15 is 0 Å². The number of nitrogens with zero attached hydrogens (tertiary/aromatic N) is 2. The number of anilines is 1.